The monoisotopic (exact) mass is 423 g/mol. The number of carbonyl (C=O) groups excluding carboxylic acids is 3. The number of rotatable bonds is 7. The van der Waals surface area contributed by atoms with Crippen LogP contribution in [0.15, 0.2) is 36.4 Å². The van der Waals surface area contributed by atoms with Gasteiger partial charge in [0.05, 0.1) is 12.6 Å². The number of ketones is 1. The van der Waals surface area contributed by atoms with Crippen LogP contribution in [-0.4, -0.2) is 46.4 Å². The molecule has 3 heterocycles. The highest BCUT2D eigenvalue weighted by atomic mass is 16.5. The summed E-state index contributed by atoms with van der Waals surface area (Å²) < 4.78 is 7.83. The predicted molar refractivity (Wildman–Crippen MR) is 116 cm³/mol. The van der Waals surface area contributed by atoms with Gasteiger partial charge in [0.15, 0.2) is 5.78 Å². The fourth-order valence-corrected chi connectivity index (χ4v) is 4.72. The van der Waals surface area contributed by atoms with Gasteiger partial charge in [0.1, 0.15) is 5.54 Å². The standard InChI is InChI=1S/C24H29N3O4/c1-4-24(18-9-6-5-7-10-18)22(29)27(23(30)25-24)15-21(28)20-13-16(2)26(17(20)3)14-19-11-8-12-31-19/h5-7,9-10,13,19H,4,8,11-12,14-15H2,1-3H3,(H,25,30)/t19-,24-/m1/s1. The van der Waals surface area contributed by atoms with Crippen LogP contribution in [0, 0.1) is 13.8 Å². The molecule has 0 unspecified atom stereocenters. The van der Waals surface area contributed by atoms with E-state index >= 15 is 0 Å². The molecule has 0 spiro atoms. The molecule has 2 aromatic rings. The first-order valence-corrected chi connectivity index (χ1v) is 10.9. The van der Waals surface area contributed by atoms with E-state index in [1.807, 2.05) is 57.2 Å². The van der Waals surface area contributed by atoms with Crippen molar-refractivity contribution in [3.63, 3.8) is 0 Å². The van der Waals surface area contributed by atoms with Crippen molar-refractivity contribution >= 4 is 17.7 Å². The van der Waals surface area contributed by atoms with Gasteiger partial charge in [0, 0.05) is 30.1 Å². The molecule has 2 fully saturated rings. The SMILES string of the molecule is CC[C@]1(c2ccccc2)NC(=O)N(CC(=O)c2cc(C)n(C[C@H]3CCCO3)c2C)C1=O. The van der Waals surface area contributed by atoms with Crippen LogP contribution in [0.25, 0.3) is 0 Å². The van der Waals surface area contributed by atoms with E-state index in [1.165, 1.54) is 0 Å². The molecule has 2 aliphatic rings. The fraction of sp³-hybridized carbons (Fsp3) is 0.458. The van der Waals surface area contributed by atoms with Crippen LogP contribution in [0.1, 0.15) is 53.5 Å². The van der Waals surface area contributed by atoms with Gasteiger partial charge in [-0.3, -0.25) is 14.5 Å². The van der Waals surface area contributed by atoms with E-state index in [9.17, 15) is 14.4 Å². The van der Waals surface area contributed by atoms with Crippen molar-refractivity contribution in [2.24, 2.45) is 0 Å². The highest BCUT2D eigenvalue weighted by molar-refractivity contribution is 6.11. The minimum atomic E-state index is -1.13. The van der Waals surface area contributed by atoms with Gasteiger partial charge < -0.3 is 14.6 Å². The van der Waals surface area contributed by atoms with Gasteiger partial charge in [-0.25, -0.2) is 4.79 Å². The van der Waals surface area contributed by atoms with Crippen molar-refractivity contribution in [2.75, 3.05) is 13.2 Å². The molecule has 0 saturated carbocycles. The summed E-state index contributed by atoms with van der Waals surface area (Å²) in [6.07, 6.45) is 2.64. The Bertz CT molecular complexity index is 1010. The molecule has 7 heteroatoms. The lowest BCUT2D eigenvalue weighted by Crippen LogP contribution is -2.43. The van der Waals surface area contributed by atoms with Crippen LogP contribution in [0.5, 0.6) is 0 Å². The van der Waals surface area contributed by atoms with Crippen LogP contribution >= 0.6 is 0 Å². The highest BCUT2D eigenvalue weighted by Gasteiger charge is 2.51. The number of aromatic nitrogens is 1. The number of hydrogen-bond donors (Lipinski definition) is 1. The molecule has 164 valence electrons. The molecule has 2 aliphatic heterocycles. The first-order valence-electron chi connectivity index (χ1n) is 10.9. The van der Waals surface area contributed by atoms with Crippen molar-refractivity contribution in [2.45, 2.75) is 58.2 Å². The largest absolute Gasteiger partial charge is 0.376 e. The number of hydrogen-bond acceptors (Lipinski definition) is 4. The van der Waals surface area contributed by atoms with Crippen molar-refractivity contribution in [1.82, 2.24) is 14.8 Å². The highest BCUT2D eigenvalue weighted by Crippen LogP contribution is 2.32. The van der Waals surface area contributed by atoms with Gasteiger partial charge in [0.2, 0.25) is 0 Å². The number of amides is 3. The molecule has 0 radical (unpaired) electrons. The maximum Gasteiger partial charge on any atom is 0.325 e. The Kier molecular flexibility index (Phi) is 5.71. The Morgan fingerprint density at radius 1 is 1.23 bits per heavy atom. The number of carbonyl (C=O) groups is 3. The number of benzene rings is 1. The minimum Gasteiger partial charge on any atom is -0.376 e. The molecule has 1 aromatic heterocycles. The topological polar surface area (TPSA) is 80.6 Å². The van der Waals surface area contributed by atoms with Crippen LogP contribution in [0.2, 0.25) is 0 Å². The zero-order valence-corrected chi connectivity index (χ0v) is 18.3. The van der Waals surface area contributed by atoms with E-state index in [1.54, 1.807) is 0 Å². The van der Waals surface area contributed by atoms with Crippen molar-refractivity contribution in [3.05, 3.63) is 58.9 Å². The van der Waals surface area contributed by atoms with E-state index in [0.717, 1.165) is 41.3 Å². The fourth-order valence-electron chi connectivity index (χ4n) is 4.72. The number of aryl methyl sites for hydroxylation is 1. The van der Waals surface area contributed by atoms with Crippen LogP contribution in [0.4, 0.5) is 4.79 Å². The second kappa shape index (κ2) is 8.30. The summed E-state index contributed by atoms with van der Waals surface area (Å²) in [5.41, 5.74) is 1.95. The number of Topliss-reactive ketones (excluding diaryl/α,β-unsaturated/α-hetero) is 1. The van der Waals surface area contributed by atoms with Gasteiger partial charge in [-0.05, 0) is 44.7 Å². The lowest BCUT2D eigenvalue weighted by molar-refractivity contribution is -0.131. The smallest absolute Gasteiger partial charge is 0.325 e. The summed E-state index contributed by atoms with van der Waals surface area (Å²) in [7, 11) is 0. The normalized spacial score (nSPS) is 23.5. The summed E-state index contributed by atoms with van der Waals surface area (Å²) in [5, 5.41) is 2.83. The van der Waals surface area contributed by atoms with E-state index in [0.29, 0.717) is 18.5 Å². The van der Waals surface area contributed by atoms with Gasteiger partial charge >= 0.3 is 6.03 Å². The second-order valence-corrected chi connectivity index (χ2v) is 8.40. The molecular formula is C24H29N3O4. The minimum absolute atomic E-state index is 0.162. The predicted octanol–water partition coefficient (Wildman–Crippen LogP) is 3.32. The Morgan fingerprint density at radius 2 is 1.97 bits per heavy atom. The van der Waals surface area contributed by atoms with E-state index < -0.39 is 11.6 Å². The molecule has 2 atom stereocenters. The molecule has 2 saturated heterocycles. The number of nitrogens with zero attached hydrogens (tertiary/aromatic N) is 2. The Morgan fingerprint density at radius 3 is 2.61 bits per heavy atom. The maximum absolute atomic E-state index is 13.3. The average molecular weight is 424 g/mol. The third kappa shape index (κ3) is 3.67. The second-order valence-electron chi connectivity index (χ2n) is 8.40. The zero-order chi connectivity index (χ0) is 22.2. The number of urea groups is 1. The molecule has 7 nitrogen and oxygen atoms in total. The molecule has 1 aromatic carbocycles. The maximum atomic E-state index is 13.3. The Labute approximate surface area is 182 Å². The average Bonchev–Trinajstić information content (AvgIpc) is 3.45. The van der Waals surface area contributed by atoms with E-state index in [2.05, 4.69) is 9.88 Å². The van der Waals surface area contributed by atoms with Crippen LogP contribution < -0.4 is 5.32 Å². The van der Waals surface area contributed by atoms with Crippen molar-refractivity contribution in [3.8, 4) is 0 Å². The number of imide groups is 1. The van der Waals surface area contributed by atoms with E-state index in [-0.39, 0.29) is 24.3 Å². The first-order chi connectivity index (χ1) is 14.9. The first kappa shape index (κ1) is 21.3. The van der Waals surface area contributed by atoms with Gasteiger partial charge in [-0.1, -0.05) is 37.3 Å². The summed E-state index contributed by atoms with van der Waals surface area (Å²) in [6, 6.07) is 10.5. The summed E-state index contributed by atoms with van der Waals surface area (Å²) >= 11 is 0. The Hall–Kier alpha value is -2.93. The third-order valence-corrected chi connectivity index (χ3v) is 6.56. The molecule has 31 heavy (non-hydrogen) atoms. The Balaban J connectivity index is 1.55. The summed E-state index contributed by atoms with van der Waals surface area (Å²) in [5.74, 6) is -0.622. The van der Waals surface area contributed by atoms with E-state index in [4.69, 9.17) is 4.74 Å². The number of nitrogens with one attached hydrogen (secondary N) is 1. The quantitative estimate of drug-likeness (QED) is 0.547. The molecule has 4 rings (SSSR count). The molecule has 0 aliphatic carbocycles. The third-order valence-electron chi connectivity index (χ3n) is 6.56. The molecule has 0 bridgehead atoms. The molecular weight excluding hydrogens is 394 g/mol. The summed E-state index contributed by atoms with van der Waals surface area (Å²) in [6.45, 7) is 6.94. The van der Waals surface area contributed by atoms with Gasteiger partial charge in [-0.2, -0.15) is 0 Å². The zero-order valence-electron chi connectivity index (χ0n) is 18.3. The number of ether oxygens (including phenoxy) is 1. The lowest BCUT2D eigenvalue weighted by Gasteiger charge is -2.25. The lowest BCUT2D eigenvalue weighted by atomic mass is 9.87. The van der Waals surface area contributed by atoms with Gasteiger partial charge in [0.25, 0.3) is 5.91 Å². The van der Waals surface area contributed by atoms with Crippen LogP contribution in [0.3, 0.4) is 0 Å². The van der Waals surface area contributed by atoms with Crippen molar-refractivity contribution in [1.29, 1.82) is 0 Å². The van der Waals surface area contributed by atoms with Gasteiger partial charge in [-0.15, -0.1) is 0 Å². The molecule has 1 N–H and O–H groups in total. The molecule has 3 amide bonds. The van der Waals surface area contributed by atoms with Crippen molar-refractivity contribution < 1.29 is 19.1 Å². The van der Waals surface area contributed by atoms with Crippen LogP contribution in [-0.2, 0) is 21.6 Å². The summed E-state index contributed by atoms with van der Waals surface area (Å²) in [4.78, 5) is 40.2.